The third-order valence-electron chi connectivity index (χ3n) is 4.09. The largest absolute Gasteiger partial charge is 0.478 e. The van der Waals surface area contributed by atoms with Crippen molar-refractivity contribution in [1.82, 2.24) is 0 Å². The highest BCUT2D eigenvalue weighted by Gasteiger charge is 2.19. The minimum absolute atomic E-state index is 0.136. The summed E-state index contributed by atoms with van der Waals surface area (Å²) in [5.74, 6) is -2.90. The number of thiophene rings is 1. The highest BCUT2D eigenvalue weighted by molar-refractivity contribution is 7.21. The molecular formula is C20H17NO5S. The predicted octanol–water partition coefficient (Wildman–Crippen LogP) is 4.50. The molecule has 0 aliphatic carbocycles. The second-order valence-electron chi connectivity index (χ2n) is 6.02. The quantitative estimate of drug-likeness (QED) is 0.581. The van der Waals surface area contributed by atoms with Gasteiger partial charge in [-0.2, -0.15) is 0 Å². The minimum atomic E-state index is -1.26. The lowest BCUT2D eigenvalue weighted by Gasteiger charge is -2.08. The first kappa shape index (κ1) is 18.6. The van der Waals surface area contributed by atoms with E-state index in [-0.39, 0.29) is 22.7 Å². The van der Waals surface area contributed by atoms with Crippen molar-refractivity contribution in [2.24, 2.45) is 0 Å². The van der Waals surface area contributed by atoms with Gasteiger partial charge < -0.3 is 15.5 Å². The molecule has 0 unspecified atom stereocenters. The summed E-state index contributed by atoms with van der Waals surface area (Å²) in [5.41, 5.74) is 0.686. The normalized spacial score (nSPS) is 10.7. The van der Waals surface area contributed by atoms with Gasteiger partial charge in [-0.05, 0) is 41.6 Å². The van der Waals surface area contributed by atoms with Crippen molar-refractivity contribution in [1.29, 1.82) is 0 Å². The number of hydrogen-bond acceptors (Lipinski definition) is 4. The average Bonchev–Trinajstić information content (AvgIpc) is 3.00. The summed E-state index contributed by atoms with van der Waals surface area (Å²) in [7, 11) is 0. The Morgan fingerprint density at radius 2 is 1.63 bits per heavy atom. The number of aryl methyl sites for hydroxylation is 1. The van der Waals surface area contributed by atoms with Gasteiger partial charge in [0.15, 0.2) is 0 Å². The molecule has 1 heterocycles. The zero-order chi connectivity index (χ0) is 19.6. The monoisotopic (exact) mass is 383 g/mol. The number of carboxylic acid groups (broad SMARTS) is 2. The molecule has 138 valence electrons. The Bertz CT molecular complexity index is 1020. The summed E-state index contributed by atoms with van der Waals surface area (Å²) in [4.78, 5) is 35.9. The summed E-state index contributed by atoms with van der Waals surface area (Å²) in [5, 5.41) is 22.0. The maximum atomic E-state index is 12.8. The molecule has 2 aromatic carbocycles. The van der Waals surface area contributed by atoms with Gasteiger partial charge in [0.25, 0.3) is 5.91 Å². The number of carbonyl (C=O) groups excluding carboxylic acids is 1. The fourth-order valence-electron chi connectivity index (χ4n) is 2.91. The molecule has 0 radical (unpaired) electrons. The zero-order valence-corrected chi connectivity index (χ0v) is 15.3. The van der Waals surface area contributed by atoms with Crippen molar-refractivity contribution >= 4 is 45.0 Å². The molecule has 1 amide bonds. The zero-order valence-electron chi connectivity index (χ0n) is 14.5. The molecule has 7 heteroatoms. The number of carboxylic acids is 2. The highest BCUT2D eigenvalue weighted by atomic mass is 32.1. The third-order valence-corrected chi connectivity index (χ3v) is 5.30. The van der Waals surface area contributed by atoms with Gasteiger partial charge in [-0.25, -0.2) is 9.59 Å². The molecule has 0 saturated heterocycles. The smallest absolute Gasteiger partial charge is 0.335 e. The van der Waals surface area contributed by atoms with Crippen LogP contribution in [0.4, 0.5) is 5.69 Å². The third kappa shape index (κ3) is 3.83. The molecule has 27 heavy (non-hydrogen) atoms. The Hall–Kier alpha value is -3.19. The topological polar surface area (TPSA) is 104 Å². The SMILES string of the molecule is CCCc1c(C(=O)Nc2cc(C(=O)O)cc(C(=O)O)c2)sc2ccccc12. The molecule has 1 aromatic heterocycles. The Morgan fingerprint density at radius 1 is 1.00 bits per heavy atom. The average molecular weight is 383 g/mol. The molecule has 0 spiro atoms. The highest BCUT2D eigenvalue weighted by Crippen LogP contribution is 2.33. The number of rotatable bonds is 6. The van der Waals surface area contributed by atoms with Crippen molar-refractivity contribution in [3.8, 4) is 0 Å². The first-order valence-electron chi connectivity index (χ1n) is 8.34. The van der Waals surface area contributed by atoms with Crippen molar-refractivity contribution in [3.05, 3.63) is 64.0 Å². The number of aromatic carboxylic acids is 2. The minimum Gasteiger partial charge on any atom is -0.478 e. The number of nitrogens with one attached hydrogen (secondary N) is 1. The van der Waals surface area contributed by atoms with Crippen LogP contribution in [0.2, 0.25) is 0 Å². The van der Waals surface area contributed by atoms with E-state index in [1.807, 2.05) is 31.2 Å². The lowest BCUT2D eigenvalue weighted by atomic mass is 10.1. The number of carbonyl (C=O) groups is 3. The standard InChI is InChI=1S/C20H17NO5S/c1-2-5-15-14-6-3-4-7-16(14)27-17(15)18(22)21-13-9-11(19(23)24)8-12(10-13)20(25)26/h3-4,6-10H,2,5H2,1H3,(H,21,22)(H,23,24)(H,25,26). The molecular weight excluding hydrogens is 366 g/mol. The van der Waals surface area contributed by atoms with E-state index in [4.69, 9.17) is 0 Å². The molecule has 0 bridgehead atoms. The fraction of sp³-hybridized carbons (Fsp3) is 0.150. The Labute approximate surface area is 159 Å². The van der Waals surface area contributed by atoms with Gasteiger partial charge >= 0.3 is 11.9 Å². The van der Waals surface area contributed by atoms with Gasteiger partial charge in [-0.1, -0.05) is 31.5 Å². The Kier molecular flexibility index (Phi) is 5.23. The van der Waals surface area contributed by atoms with Crippen LogP contribution in [0.5, 0.6) is 0 Å². The van der Waals surface area contributed by atoms with E-state index < -0.39 is 11.9 Å². The van der Waals surface area contributed by atoms with Gasteiger partial charge in [0.2, 0.25) is 0 Å². The maximum absolute atomic E-state index is 12.8. The molecule has 3 rings (SSSR count). The van der Waals surface area contributed by atoms with Crippen LogP contribution in [0.3, 0.4) is 0 Å². The van der Waals surface area contributed by atoms with Crippen LogP contribution in [-0.4, -0.2) is 28.1 Å². The number of amides is 1. The summed E-state index contributed by atoms with van der Waals surface area (Å²) >= 11 is 1.37. The molecule has 0 aliphatic rings. The lowest BCUT2D eigenvalue weighted by Crippen LogP contribution is -2.14. The molecule has 0 aliphatic heterocycles. The number of anilines is 1. The summed E-state index contributed by atoms with van der Waals surface area (Å²) in [6.45, 7) is 2.03. The summed E-state index contributed by atoms with van der Waals surface area (Å²) < 4.78 is 0.997. The number of benzene rings is 2. The van der Waals surface area contributed by atoms with Crippen LogP contribution < -0.4 is 5.32 Å². The lowest BCUT2D eigenvalue weighted by molar-refractivity contribution is 0.0696. The van der Waals surface area contributed by atoms with Crippen molar-refractivity contribution in [2.75, 3.05) is 5.32 Å². The van der Waals surface area contributed by atoms with Crippen LogP contribution in [0.1, 0.15) is 49.3 Å². The Balaban J connectivity index is 2.01. The van der Waals surface area contributed by atoms with Gasteiger partial charge in [-0.15, -0.1) is 11.3 Å². The Morgan fingerprint density at radius 3 is 2.22 bits per heavy atom. The first-order valence-corrected chi connectivity index (χ1v) is 9.15. The maximum Gasteiger partial charge on any atom is 0.335 e. The van der Waals surface area contributed by atoms with Crippen LogP contribution in [0.15, 0.2) is 42.5 Å². The second-order valence-corrected chi connectivity index (χ2v) is 7.07. The van der Waals surface area contributed by atoms with E-state index in [1.165, 1.54) is 23.5 Å². The van der Waals surface area contributed by atoms with Gasteiger partial charge in [-0.3, -0.25) is 4.79 Å². The van der Waals surface area contributed by atoms with E-state index in [0.717, 1.165) is 34.6 Å². The van der Waals surface area contributed by atoms with Crippen molar-refractivity contribution < 1.29 is 24.6 Å². The van der Waals surface area contributed by atoms with E-state index >= 15 is 0 Å². The van der Waals surface area contributed by atoms with Crippen LogP contribution in [-0.2, 0) is 6.42 Å². The molecule has 6 nitrogen and oxygen atoms in total. The van der Waals surface area contributed by atoms with Gasteiger partial charge in [0, 0.05) is 10.4 Å². The van der Waals surface area contributed by atoms with Crippen molar-refractivity contribution in [2.45, 2.75) is 19.8 Å². The fourth-order valence-corrected chi connectivity index (χ4v) is 4.06. The molecule has 3 aromatic rings. The van der Waals surface area contributed by atoms with Crippen LogP contribution in [0.25, 0.3) is 10.1 Å². The molecule has 0 fully saturated rings. The molecule has 3 N–H and O–H groups in total. The second kappa shape index (κ2) is 7.59. The summed E-state index contributed by atoms with van der Waals surface area (Å²) in [6.07, 6.45) is 1.61. The number of fused-ring (bicyclic) bond motifs is 1. The van der Waals surface area contributed by atoms with E-state index in [9.17, 15) is 24.6 Å². The van der Waals surface area contributed by atoms with E-state index in [0.29, 0.717) is 4.88 Å². The van der Waals surface area contributed by atoms with E-state index in [2.05, 4.69) is 5.32 Å². The van der Waals surface area contributed by atoms with Crippen LogP contribution >= 0.6 is 11.3 Å². The van der Waals surface area contributed by atoms with Gasteiger partial charge in [0.1, 0.15) is 0 Å². The predicted molar refractivity (Wildman–Crippen MR) is 104 cm³/mol. The first-order chi connectivity index (χ1) is 12.9. The molecule has 0 saturated carbocycles. The number of hydrogen-bond donors (Lipinski definition) is 3. The van der Waals surface area contributed by atoms with Crippen LogP contribution in [0, 0.1) is 0 Å². The van der Waals surface area contributed by atoms with Gasteiger partial charge in [0.05, 0.1) is 16.0 Å². The molecule has 0 atom stereocenters. The van der Waals surface area contributed by atoms with E-state index in [1.54, 1.807) is 0 Å². The summed E-state index contributed by atoms with van der Waals surface area (Å²) in [6, 6.07) is 11.3. The van der Waals surface area contributed by atoms with Crippen molar-refractivity contribution in [3.63, 3.8) is 0 Å².